The van der Waals surface area contributed by atoms with E-state index >= 15 is 0 Å². The van der Waals surface area contributed by atoms with E-state index in [2.05, 4.69) is 15.5 Å². The molecule has 0 saturated carbocycles. The molecule has 4 nitrogen and oxygen atoms in total. The van der Waals surface area contributed by atoms with E-state index in [1.165, 1.54) is 5.56 Å². The normalized spacial score (nSPS) is 10.2. The molecule has 2 aromatic rings. The Bertz CT molecular complexity index is 490. The predicted octanol–water partition coefficient (Wildman–Crippen LogP) is 2.29. The number of carbonyl (C=O) groups is 1. The van der Waals surface area contributed by atoms with Gasteiger partial charge in [0, 0.05) is 18.2 Å². The zero-order chi connectivity index (χ0) is 12.1. The molecule has 0 unspecified atom stereocenters. The van der Waals surface area contributed by atoms with Crippen molar-refractivity contribution in [2.75, 3.05) is 5.32 Å². The van der Waals surface area contributed by atoms with Crippen LogP contribution in [0.2, 0.25) is 0 Å². The molecule has 1 heterocycles. The summed E-state index contributed by atoms with van der Waals surface area (Å²) < 4.78 is 0. The third kappa shape index (κ3) is 3.45. The first kappa shape index (κ1) is 11.4. The number of aromatic amines is 1. The lowest BCUT2D eigenvalue weighted by Gasteiger charge is -2.01. The lowest BCUT2D eigenvalue weighted by Crippen LogP contribution is -2.12. The Morgan fingerprint density at radius 3 is 2.76 bits per heavy atom. The van der Waals surface area contributed by atoms with Crippen LogP contribution in [0.25, 0.3) is 0 Å². The highest BCUT2D eigenvalue weighted by atomic mass is 16.1. The molecule has 1 aromatic carbocycles. The standard InChI is InChI=1S/C13H15N3O/c1-10-9-12(16-15-10)14-13(17)8-7-11-5-3-2-4-6-11/h2-6,9H,7-8H2,1H3,(H2,14,15,16,17). The van der Waals surface area contributed by atoms with Gasteiger partial charge in [0.05, 0.1) is 0 Å². The average molecular weight is 229 g/mol. The van der Waals surface area contributed by atoms with Crippen LogP contribution in [0.5, 0.6) is 0 Å². The fourth-order valence-corrected chi connectivity index (χ4v) is 1.59. The zero-order valence-electron chi connectivity index (χ0n) is 9.73. The number of nitrogens with zero attached hydrogens (tertiary/aromatic N) is 1. The average Bonchev–Trinajstić information content (AvgIpc) is 2.73. The predicted molar refractivity (Wildman–Crippen MR) is 66.7 cm³/mol. The van der Waals surface area contributed by atoms with Gasteiger partial charge in [-0.05, 0) is 18.9 Å². The molecule has 1 aromatic heterocycles. The molecule has 0 aliphatic rings. The van der Waals surface area contributed by atoms with Crippen molar-refractivity contribution in [2.24, 2.45) is 0 Å². The van der Waals surface area contributed by atoms with Crippen LogP contribution in [0.15, 0.2) is 36.4 Å². The number of aryl methyl sites for hydroxylation is 2. The minimum absolute atomic E-state index is 0.0136. The van der Waals surface area contributed by atoms with Crippen LogP contribution in [0.1, 0.15) is 17.7 Å². The molecule has 1 amide bonds. The summed E-state index contributed by atoms with van der Waals surface area (Å²) in [7, 11) is 0. The van der Waals surface area contributed by atoms with Gasteiger partial charge < -0.3 is 5.32 Å². The molecule has 0 fully saturated rings. The molecule has 0 saturated heterocycles. The van der Waals surface area contributed by atoms with Crippen LogP contribution < -0.4 is 5.32 Å². The van der Waals surface area contributed by atoms with Crippen LogP contribution in [0.3, 0.4) is 0 Å². The first-order valence-corrected chi connectivity index (χ1v) is 5.60. The largest absolute Gasteiger partial charge is 0.309 e. The summed E-state index contributed by atoms with van der Waals surface area (Å²) in [5, 5.41) is 9.49. The van der Waals surface area contributed by atoms with Crippen molar-refractivity contribution < 1.29 is 4.79 Å². The molecule has 0 aliphatic carbocycles. The molecular formula is C13H15N3O. The lowest BCUT2D eigenvalue weighted by atomic mass is 10.1. The third-order valence-corrected chi connectivity index (χ3v) is 2.46. The quantitative estimate of drug-likeness (QED) is 0.845. The highest BCUT2D eigenvalue weighted by molar-refractivity contribution is 5.89. The summed E-state index contributed by atoms with van der Waals surface area (Å²) in [6.45, 7) is 1.90. The SMILES string of the molecule is Cc1cc(NC(=O)CCc2ccccc2)n[nH]1. The van der Waals surface area contributed by atoms with Crippen molar-refractivity contribution in [1.82, 2.24) is 10.2 Å². The Morgan fingerprint density at radius 2 is 2.12 bits per heavy atom. The van der Waals surface area contributed by atoms with Crippen LogP contribution in [0, 0.1) is 6.92 Å². The van der Waals surface area contributed by atoms with Crippen molar-refractivity contribution in [1.29, 1.82) is 0 Å². The van der Waals surface area contributed by atoms with E-state index in [-0.39, 0.29) is 5.91 Å². The number of benzene rings is 1. The van der Waals surface area contributed by atoms with Gasteiger partial charge in [-0.2, -0.15) is 5.10 Å². The summed E-state index contributed by atoms with van der Waals surface area (Å²) in [5.41, 5.74) is 2.10. The number of rotatable bonds is 4. The van der Waals surface area contributed by atoms with Gasteiger partial charge in [0.15, 0.2) is 5.82 Å². The van der Waals surface area contributed by atoms with E-state index < -0.39 is 0 Å². The molecule has 0 bridgehead atoms. The van der Waals surface area contributed by atoms with Crippen molar-refractivity contribution in [3.05, 3.63) is 47.7 Å². The van der Waals surface area contributed by atoms with Crippen molar-refractivity contribution in [3.8, 4) is 0 Å². The number of hydrogen-bond acceptors (Lipinski definition) is 2. The summed E-state index contributed by atoms with van der Waals surface area (Å²) >= 11 is 0. The number of hydrogen-bond donors (Lipinski definition) is 2. The van der Waals surface area contributed by atoms with Gasteiger partial charge in [-0.1, -0.05) is 30.3 Å². The van der Waals surface area contributed by atoms with Crippen LogP contribution in [-0.2, 0) is 11.2 Å². The van der Waals surface area contributed by atoms with E-state index in [4.69, 9.17) is 0 Å². The van der Waals surface area contributed by atoms with Crippen molar-refractivity contribution in [3.63, 3.8) is 0 Å². The highest BCUT2D eigenvalue weighted by Crippen LogP contribution is 2.06. The number of nitrogens with one attached hydrogen (secondary N) is 2. The molecule has 17 heavy (non-hydrogen) atoms. The first-order valence-electron chi connectivity index (χ1n) is 5.60. The van der Waals surface area contributed by atoms with Gasteiger partial charge in [0.25, 0.3) is 0 Å². The van der Waals surface area contributed by atoms with Crippen LogP contribution in [0.4, 0.5) is 5.82 Å². The monoisotopic (exact) mass is 229 g/mol. The van der Waals surface area contributed by atoms with Crippen LogP contribution in [-0.4, -0.2) is 16.1 Å². The zero-order valence-corrected chi connectivity index (χ0v) is 9.73. The molecule has 2 rings (SSSR count). The number of carbonyl (C=O) groups excluding carboxylic acids is 1. The maximum Gasteiger partial charge on any atom is 0.225 e. The van der Waals surface area contributed by atoms with Crippen molar-refractivity contribution >= 4 is 11.7 Å². The Labute approximate surface area is 100 Å². The minimum Gasteiger partial charge on any atom is -0.309 e. The Morgan fingerprint density at radius 1 is 1.35 bits per heavy atom. The van der Waals surface area contributed by atoms with Gasteiger partial charge in [-0.25, -0.2) is 0 Å². The molecule has 0 spiro atoms. The summed E-state index contributed by atoms with van der Waals surface area (Å²) in [6.07, 6.45) is 1.21. The van der Waals surface area contributed by atoms with Gasteiger partial charge in [-0.15, -0.1) is 0 Å². The second-order valence-electron chi connectivity index (χ2n) is 3.97. The fraction of sp³-hybridized carbons (Fsp3) is 0.231. The minimum atomic E-state index is -0.0136. The number of amides is 1. The number of H-pyrrole nitrogens is 1. The first-order chi connectivity index (χ1) is 8.24. The molecular weight excluding hydrogens is 214 g/mol. The maximum atomic E-state index is 11.6. The molecule has 2 N–H and O–H groups in total. The third-order valence-electron chi connectivity index (χ3n) is 2.46. The van der Waals surface area contributed by atoms with E-state index in [0.717, 1.165) is 12.1 Å². The molecule has 0 radical (unpaired) electrons. The van der Waals surface area contributed by atoms with Crippen LogP contribution >= 0.6 is 0 Å². The van der Waals surface area contributed by atoms with Gasteiger partial charge >= 0.3 is 0 Å². The van der Waals surface area contributed by atoms with E-state index in [9.17, 15) is 4.79 Å². The molecule has 88 valence electrons. The Balaban J connectivity index is 1.82. The van der Waals surface area contributed by atoms with Gasteiger partial charge in [0.1, 0.15) is 0 Å². The lowest BCUT2D eigenvalue weighted by molar-refractivity contribution is -0.116. The van der Waals surface area contributed by atoms with Crippen molar-refractivity contribution in [2.45, 2.75) is 19.8 Å². The maximum absolute atomic E-state index is 11.6. The second-order valence-corrected chi connectivity index (χ2v) is 3.97. The van der Waals surface area contributed by atoms with Gasteiger partial charge in [-0.3, -0.25) is 9.89 Å². The van der Waals surface area contributed by atoms with E-state index in [0.29, 0.717) is 12.2 Å². The molecule has 4 heteroatoms. The molecule has 0 aliphatic heterocycles. The van der Waals surface area contributed by atoms with Gasteiger partial charge in [0.2, 0.25) is 5.91 Å². The Kier molecular flexibility index (Phi) is 3.55. The smallest absolute Gasteiger partial charge is 0.225 e. The summed E-state index contributed by atoms with van der Waals surface area (Å²) in [5.74, 6) is 0.570. The second kappa shape index (κ2) is 5.30. The highest BCUT2D eigenvalue weighted by Gasteiger charge is 2.04. The van der Waals surface area contributed by atoms with E-state index in [1.54, 1.807) is 6.07 Å². The number of aromatic nitrogens is 2. The summed E-state index contributed by atoms with van der Waals surface area (Å²) in [4.78, 5) is 11.6. The number of anilines is 1. The van der Waals surface area contributed by atoms with E-state index in [1.807, 2.05) is 37.3 Å². The molecule has 0 atom stereocenters. The fourth-order valence-electron chi connectivity index (χ4n) is 1.59. The Hall–Kier alpha value is -2.10. The topological polar surface area (TPSA) is 57.8 Å². The summed E-state index contributed by atoms with van der Waals surface area (Å²) in [6, 6.07) is 11.8.